The minimum Gasteiger partial charge on any atom is -0.435 e. The summed E-state index contributed by atoms with van der Waals surface area (Å²) in [7, 11) is 0. The Morgan fingerprint density at radius 3 is 2.95 bits per heavy atom. The van der Waals surface area contributed by atoms with E-state index >= 15 is 0 Å². The molecule has 0 atom stereocenters. The zero-order chi connectivity index (χ0) is 14.2. The molecule has 1 aromatic heterocycles. The number of halogens is 1. The first-order valence-corrected chi connectivity index (χ1v) is 6.21. The zero-order valence-corrected chi connectivity index (χ0v) is 12.4. The highest BCUT2D eigenvalue weighted by molar-refractivity contribution is 5.85. The normalized spacial score (nSPS) is 10.1. The van der Waals surface area contributed by atoms with E-state index in [4.69, 9.17) is 4.74 Å². The van der Waals surface area contributed by atoms with Gasteiger partial charge in [-0.3, -0.25) is 4.99 Å². The molecule has 1 N–H and O–H groups in total. The number of benzene rings is 1. The third-order valence-electron chi connectivity index (χ3n) is 2.40. The van der Waals surface area contributed by atoms with Crippen LogP contribution in [0.2, 0.25) is 0 Å². The van der Waals surface area contributed by atoms with Gasteiger partial charge in [0.1, 0.15) is 6.34 Å². The average molecular weight is 311 g/mol. The lowest BCUT2D eigenvalue weighted by Crippen LogP contribution is -2.42. The van der Waals surface area contributed by atoms with E-state index in [9.17, 15) is 4.79 Å². The third-order valence-corrected chi connectivity index (χ3v) is 2.40. The number of hydrogen-bond acceptors (Lipinski definition) is 4. The quantitative estimate of drug-likeness (QED) is 0.514. The van der Waals surface area contributed by atoms with Crippen LogP contribution in [0.25, 0.3) is 0 Å². The fourth-order valence-electron chi connectivity index (χ4n) is 1.48. The molecule has 0 saturated heterocycles. The van der Waals surface area contributed by atoms with Gasteiger partial charge in [0.15, 0.2) is 0 Å². The van der Waals surface area contributed by atoms with E-state index in [2.05, 4.69) is 15.5 Å². The molecule has 0 bridgehead atoms. The van der Waals surface area contributed by atoms with E-state index in [1.165, 1.54) is 17.3 Å². The number of hydrogen-bond donors (Lipinski definition) is 1. The van der Waals surface area contributed by atoms with Crippen LogP contribution >= 0.6 is 12.4 Å². The Balaban J connectivity index is 0.00000220. The lowest BCUT2D eigenvalue weighted by Gasteiger charge is -1.95. The van der Waals surface area contributed by atoms with Gasteiger partial charge >= 0.3 is 6.09 Å². The Hall–Kier alpha value is -2.41. The topological polar surface area (TPSA) is 72.4 Å². The van der Waals surface area contributed by atoms with Crippen LogP contribution in [-0.2, 0) is 11.3 Å². The molecule has 1 aromatic carbocycles. The summed E-state index contributed by atoms with van der Waals surface area (Å²) in [6, 6.07) is 9.91. The summed E-state index contributed by atoms with van der Waals surface area (Å²) < 4.78 is 7.42. The molecule has 0 fully saturated rings. The molecule has 0 unspecified atom stereocenters. The van der Waals surface area contributed by atoms with Gasteiger partial charge in [0, 0.05) is 0 Å². The lowest BCUT2D eigenvalue weighted by molar-refractivity contribution is -0.640. The summed E-state index contributed by atoms with van der Waals surface area (Å²) in [5.41, 5.74) is 3.99. The minimum absolute atomic E-state index is 0. The summed E-state index contributed by atoms with van der Waals surface area (Å²) in [5, 5.41) is 3.85. The molecule has 0 amide bonds. The molecule has 0 aliphatic rings. The Bertz CT molecular complexity index is 585. The van der Waals surface area contributed by atoms with Crippen LogP contribution in [0.15, 0.2) is 48.0 Å². The molecule has 21 heavy (non-hydrogen) atoms. The maximum absolute atomic E-state index is 11.4. The van der Waals surface area contributed by atoms with Crippen LogP contribution in [0.4, 0.5) is 4.79 Å². The Kier molecular flexibility index (Phi) is 6.90. The van der Waals surface area contributed by atoms with Crippen molar-refractivity contribution in [2.75, 3.05) is 12.0 Å². The van der Waals surface area contributed by atoms with Crippen LogP contribution in [0.5, 0.6) is 0 Å². The van der Waals surface area contributed by atoms with Gasteiger partial charge in [0.25, 0.3) is 12.7 Å². The highest BCUT2D eigenvalue weighted by Gasteiger charge is 2.15. The summed E-state index contributed by atoms with van der Waals surface area (Å²) in [6.45, 7) is 2.63. The van der Waals surface area contributed by atoms with Crippen LogP contribution in [0, 0.1) is 0 Å². The summed E-state index contributed by atoms with van der Waals surface area (Å²) >= 11 is 0. The van der Waals surface area contributed by atoms with E-state index in [1.54, 1.807) is 13.3 Å². The SMILES string of the molecule is CCOC(=O)n1c[n+](NC=NCc2ccccc2)cn1.Cl. The van der Waals surface area contributed by atoms with Crippen LogP contribution in [0.1, 0.15) is 12.5 Å². The molecular weight excluding hydrogens is 294 g/mol. The van der Waals surface area contributed by atoms with E-state index in [1.807, 2.05) is 30.3 Å². The van der Waals surface area contributed by atoms with Crippen molar-refractivity contribution in [1.29, 1.82) is 0 Å². The van der Waals surface area contributed by atoms with Gasteiger partial charge < -0.3 is 4.74 Å². The first-order valence-electron chi connectivity index (χ1n) is 6.21. The fraction of sp³-hybridized carbons (Fsp3) is 0.231. The molecule has 0 spiro atoms. The van der Waals surface area contributed by atoms with Crippen LogP contribution < -0.4 is 10.1 Å². The second-order valence-corrected chi connectivity index (χ2v) is 3.88. The average Bonchev–Trinajstić information content (AvgIpc) is 2.94. The van der Waals surface area contributed by atoms with Crippen molar-refractivity contribution >= 4 is 24.8 Å². The zero-order valence-electron chi connectivity index (χ0n) is 11.5. The van der Waals surface area contributed by atoms with E-state index in [-0.39, 0.29) is 12.4 Å². The highest BCUT2D eigenvalue weighted by Crippen LogP contribution is 1.98. The molecule has 0 radical (unpaired) electrons. The Morgan fingerprint density at radius 1 is 1.48 bits per heavy atom. The van der Waals surface area contributed by atoms with Gasteiger partial charge in [0.2, 0.25) is 0 Å². The molecule has 112 valence electrons. The van der Waals surface area contributed by atoms with E-state index in [0.29, 0.717) is 13.2 Å². The standard InChI is InChI=1S/C13H16N5O2.ClH/c1-2-20-13(19)18-11-17(10-16-18)15-9-14-8-12-6-4-3-5-7-12;/h3-7,9-11H,2,8H2,1H3,(H,14,15);1H/q+1;. The monoisotopic (exact) mass is 310 g/mol. The van der Waals surface area contributed by atoms with Crippen molar-refractivity contribution in [2.24, 2.45) is 4.99 Å². The third kappa shape index (κ3) is 5.23. The fourth-order valence-corrected chi connectivity index (χ4v) is 1.48. The van der Waals surface area contributed by atoms with Crippen LogP contribution in [0.3, 0.4) is 0 Å². The van der Waals surface area contributed by atoms with Gasteiger partial charge in [0.05, 0.1) is 18.3 Å². The first kappa shape index (κ1) is 16.6. The maximum Gasteiger partial charge on any atom is 0.513 e. The van der Waals surface area contributed by atoms with E-state index < -0.39 is 6.09 Å². The van der Waals surface area contributed by atoms with Crippen molar-refractivity contribution in [1.82, 2.24) is 9.78 Å². The minimum atomic E-state index is -0.519. The van der Waals surface area contributed by atoms with Gasteiger partial charge in [-0.25, -0.2) is 10.2 Å². The Morgan fingerprint density at radius 2 is 2.24 bits per heavy atom. The second kappa shape index (κ2) is 8.70. The van der Waals surface area contributed by atoms with Crippen molar-refractivity contribution in [2.45, 2.75) is 13.5 Å². The van der Waals surface area contributed by atoms with Crippen molar-refractivity contribution in [3.8, 4) is 0 Å². The summed E-state index contributed by atoms with van der Waals surface area (Å²) in [5.74, 6) is 0. The molecule has 2 rings (SSSR count). The number of rotatable bonds is 5. The lowest BCUT2D eigenvalue weighted by atomic mass is 10.2. The summed E-state index contributed by atoms with van der Waals surface area (Å²) in [4.78, 5) is 15.6. The smallest absolute Gasteiger partial charge is 0.435 e. The van der Waals surface area contributed by atoms with Gasteiger partial charge in [-0.05, 0) is 17.2 Å². The first-order chi connectivity index (χ1) is 9.79. The Labute approximate surface area is 128 Å². The molecular formula is C13H17ClN5O2+. The number of aromatic nitrogens is 3. The highest BCUT2D eigenvalue weighted by atomic mass is 35.5. The molecule has 0 aliphatic carbocycles. The van der Waals surface area contributed by atoms with Gasteiger partial charge in [-0.1, -0.05) is 30.3 Å². The number of carbonyl (C=O) groups is 1. The largest absolute Gasteiger partial charge is 0.513 e. The van der Waals surface area contributed by atoms with Gasteiger partial charge in [-0.2, -0.15) is 0 Å². The number of nitrogens with zero attached hydrogens (tertiary/aromatic N) is 4. The number of aliphatic imine (C=N–C) groups is 1. The maximum atomic E-state index is 11.4. The van der Waals surface area contributed by atoms with Crippen LogP contribution in [-0.4, -0.2) is 28.8 Å². The van der Waals surface area contributed by atoms with Crippen molar-refractivity contribution < 1.29 is 14.2 Å². The second-order valence-electron chi connectivity index (χ2n) is 3.88. The molecule has 0 saturated carbocycles. The molecule has 0 aliphatic heterocycles. The molecule has 8 heteroatoms. The molecule has 1 heterocycles. The number of ether oxygens (including phenoxy) is 1. The summed E-state index contributed by atoms with van der Waals surface area (Å²) in [6.07, 6.45) is 3.94. The molecule has 7 nitrogen and oxygen atoms in total. The predicted molar refractivity (Wildman–Crippen MR) is 80.1 cm³/mol. The molecule has 2 aromatic rings. The van der Waals surface area contributed by atoms with Crippen molar-refractivity contribution in [3.05, 3.63) is 48.5 Å². The van der Waals surface area contributed by atoms with Gasteiger partial charge in [-0.15, -0.1) is 17.1 Å². The number of carbonyl (C=O) groups excluding carboxylic acids is 1. The van der Waals surface area contributed by atoms with Crippen molar-refractivity contribution in [3.63, 3.8) is 0 Å². The van der Waals surface area contributed by atoms with E-state index in [0.717, 1.165) is 10.2 Å². The number of nitrogens with one attached hydrogen (secondary N) is 1. The predicted octanol–water partition coefficient (Wildman–Crippen LogP) is 1.37.